The molecule has 0 atom stereocenters. The van der Waals surface area contributed by atoms with E-state index in [4.69, 9.17) is 0 Å². The molecule has 0 aliphatic heterocycles. The number of nitrogens with one attached hydrogen (secondary N) is 3. The minimum atomic E-state index is -0.0694. The van der Waals surface area contributed by atoms with E-state index in [-0.39, 0.29) is 11.3 Å². The van der Waals surface area contributed by atoms with Crippen molar-refractivity contribution in [1.29, 1.82) is 0 Å². The number of H-pyrrole nitrogens is 1. The number of benzene rings is 2. The molecule has 2 aromatic carbocycles. The standard InChI is InChI=1S/C25H26N4O/c1-25(2,3)18-8-10-19(11-9-18)28-23-13-12-20(16-27-23)29-24(30)14-17-15-26-22-7-5-4-6-21(17)22/h4-13,15-16,26H,14H2,1-3H3,(H,27,28)(H,29,30). The number of carbonyl (C=O) groups is 1. The summed E-state index contributed by atoms with van der Waals surface area (Å²) in [6, 6.07) is 20.0. The number of carbonyl (C=O) groups excluding carboxylic acids is 1. The van der Waals surface area contributed by atoms with Crippen molar-refractivity contribution in [2.24, 2.45) is 0 Å². The molecule has 5 heteroatoms. The molecule has 0 aliphatic rings. The van der Waals surface area contributed by atoms with E-state index >= 15 is 0 Å². The fourth-order valence-corrected chi connectivity index (χ4v) is 3.40. The second kappa shape index (κ2) is 8.03. The zero-order chi connectivity index (χ0) is 21.1. The Hall–Kier alpha value is -3.60. The van der Waals surface area contributed by atoms with E-state index in [9.17, 15) is 4.79 Å². The maximum Gasteiger partial charge on any atom is 0.228 e. The zero-order valence-corrected chi connectivity index (χ0v) is 17.5. The summed E-state index contributed by atoms with van der Waals surface area (Å²) < 4.78 is 0. The van der Waals surface area contributed by atoms with Gasteiger partial charge in [-0.15, -0.1) is 0 Å². The van der Waals surface area contributed by atoms with Crippen molar-refractivity contribution in [2.45, 2.75) is 32.6 Å². The highest BCUT2D eigenvalue weighted by Gasteiger charge is 2.13. The van der Waals surface area contributed by atoms with Crippen molar-refractivity contribution in [1.82, 2.24) is 9.97 Å². The van der Waals surface area contributed by atoms with Crippen LogP contribution in [0.2, 0.25) is 0 Å². The highest BCUT2D eigenvalue weighted by atomic mass is 16.1. The SMILES string of the molecule is CC(C)(C)c1ccc(Nc2ccc(NC(=O)Cc3c[nH]c4ccccc34)cn2)cc1. The number of rotatable bonds is 5. The summed E-state index contributed by atoms with van der Waals surface area (Å²) in [7, 11) is 0. The largest absolute Gasteiger partial charge is 0.361 e. The van der Waals surface area contributed by atoms with Crippen LogP contribution in [0.1, 0.15) is 31.9 Å². The summed E-state index contributed by atoms with van der Waals surface area (Å²) in [6.07, 6.45) is 3.86. The molecule has 0 unspecified atom stereocenters. The molecule has 0 saturated heterocycles. The summed E-state index contributed by atoms with van der Waals surface area (Å²) in [4.78, 5) is 20.1. The average Bonchev–Trinajstić information content (AvgIpc) is 3.12. The van der Waals surface area contributed by atoms with Gasteiger partial charge in [0.05, 0.1) is 18.3 Å². The summed E-state index contributed by atoms with van der Waals surface area (Å²) in [6.45, 7) is 6.59. The van der Waals surface area contributed by atoms with Gasteiger partial charge < -0.3 is 15.6 Å². The van der Waals surface area contributed by atoms with Crippen LogP contribution in [0, 0.1) is 0 Å². The fraction of sp³-hybridized carbons (Fsp3) is 0.200. The van der Waals surface area contributed by atoms with Crippen molar-refractivity contribution in [3.63, 3.8) is 0 Å². The van der Waals surface area contributed by atoms with Crippen molar-refractivity contribution in [3.05, 3.63) is 84.2 Å². The van der Waals surface area contributed by atoms with Gasteiger partial charge >= 0.3 is 0 Å². The van der Waals surface area contributed by atoms with Crippen LogP contribution in [0.3, 0.4) is 0 Å². The second-order valence-corrected chi connectivity index (χ2v) is 8.47. The number of pyridine rings is 1. The Morgan fingerprint density at radius 2 is 1.70 bits per heavy atom. The number of nitrogens with zero attached hydrogens (tertiary/aromatic N) is 1. The lowest BCUT2D eigenvalue weighted by Crippen LogP contribution is -2.14. The first-order valence-corrected chi connectivity index (χ1v) is 10.1. The highest BCUT2D eigenvalue weighted by Crippen LogP contribution is 2.25. The van der Waals surface area contributed by atoms with Crippen LogP contribution in [0.5, 0.6) is 0 Å². The van der Waals surface area contributed by atoms with Gasteiger partial charge in [-0.1, -0.05) is 51.1 Å². The summed E-state index contributed by atoms with van der Waals surface area (Å²) in [5, 5.41) is 7.28. The normalized spacial score (nSPS) is 11.4. The molecule has 0 bridgehead atoms. The van der Waals surface area contributed by atoms with Crippen LogP contribution in [0.4, 0.5) is 17.2 Å². The lowest BCUT2D eigenvalue weighted by Gasteiger charge is -2.19. The summed E-state index contributed by atoms with van der Waals surface area (Å²) >= 11 is 0. The molecule has 3 N–H and O–H groups in total. The van der Waals surface area contributed by atoms with Crippen molar-refractivity contribution in [2.75, 3.05) is 10.6 Å². The van der Waals surface area contributed by atoms with Crippen molar-refractivity contribution in [3.8, 4) is 0 Å². The van der Waals surface area contributed by atoms with E-state index in [0.717, 1.165) is 28.0 Å². The lowest BCUT2D eigenvalue weighted by molar-refractivity contribution is -0.115. The molecule has 0 radical (unpaired) electrons. The van der Waals surface area contributed by atoms with Crippen molar-refractivity contribution < 1.29 is 4.79 Å². The van der Waals surface area contributed by atoms with E-state index in [1.54, 1.807) is 6.20 Å². The smallest absolute Gasteiger partial charge is 0.228 e. The highest BCUT2D eigenvalue weighted by molar-refractivity contribution is 5.95. The van der Waals surface area contributed by atoms with Gasteiger partial charge in [-0.05, 0) is 46.9 Å². The monoisotopic (exact) mass is 398 g/mol. The first-order valence-electron chi connectivity index (χ1n) is 10.1. The molecule has 2 aromatic heterocycles. The van der Waals surface area contributed by atoms with Gasteiger partial charge in [0.25, 0.3) is 0 Å². The fourth-order valence-electron chi connectivity index (χ4n) is 3.40. The number of fused-ring (bicyclic) bond motifs is 1. The van der Waals surface area contributed by atoms with Gasteiger partial charge in [-0.2, -0.15) is 0 Å². The lowest BCUT2D eigenvalue weighted by atomic mass is 9.87. The third-order valence-corrected chi connectivity index (χ3v) is 5.10. The second-order valence-electron chi connectivity index (χ2n) is 8.47. The van der Waals surface area contributed by atoms with E-state index in [0.29, 0.717) is 12.1 Å². The number of aromatic amines is 1. The minimum Gasteiger partial charge on any atom is -0.361 e. The molecule has 2 heterocycles. The Labute approximate surface area is 176 Å². The van der Waals surface area contributed by atoms with Crippen LogP contribution >= 0.6 is 0 Å². The molecule has 0 spiro atoms. The Morgan fingerprint density at radius 1 is 0.967 bits per heavy atom. The number of hydrogen-bond donors (Lipinski definition) is 3. The van der Waals surface area contributed by atoms with Gasteiger partial charge in [-0.3, -0.25) is 4.79 Å². The van der Waals surface area contributed by atoms with E-state index in [1.165, 1.54) is 5.56 Å². The van der Waals surface area contributed by atoms with Crippen LogP contribution < -0.4 is 10.6 Å². The van der Waals surface area contributed by atoms with Gasteiger partial charge in [0, 0.05) is 22.8 Å². The molecule has 30 heavy (non-hydrogen) atoms. The molecular weight excluding hydrogens is 372 g/mol. The topological polar surface area (TPSA) is 69.8 Å². The average molecular weight is 399 g/mol. The predicted octanol–water partition coefficient (Wildman–Crippen LogP) is 5.79. The van der Waals surface area contributed by atoms with Crippen molar-refractivity contribution >= 4 is 34.0 Å². The van der Waals surface area contributed by atoms with Crippen LogP contribution in [-0.2, 0) is 16.6 Å². The summed E-state index contributed by atoms with van der Waals surface area (Å²) in [5.74, 6) is 0.660. The number of para-hydroxylation sites is 1. The molecule has 1 amide bonds. The van der Waals surface area contributed by atoms with Gasteiger partial charge in [0.15, 0.2) is 0 Å². The number of hydrogen-bond acceptors (Lipinski definition) is 3. The van der Waals surface area contributed by atoms with Crippen LogP contribution in [0.25, 0.3) is 10.9 Å². The maximum atomic E-state index is 12.4. The first-order chi connectivity index (χ1) is 14.4. The van der Waals surface area contributed by atoms with Crippen LogP contribution in [-0.4, -0.2) is 15.9 Å². The zero-order valence-electron chi connectivity index (χ0n) is 17.5. The Balaban J connectivity index is 1.37. The molecule has 0 aliphatic carbocycles. The Morgan fingerprint density at radius 3 is 2.40 bits per heavy atom. The van der Waals surface area contributed by atoms with Gasteiger partial charge in [0.1, 0.15) is 5.82 Å². The molecule has 4 rings (SSSR count). The van der Waals surface area contributed by atoms with Gasteiger partial charge in [0.2, 0.25) is 5.91 Å². The minimum absolute atomic E-state index is 0.0694. The molecular formula is C25H26N4O. The molecule has 4 aromatic rings. The van der Waals surface area contributed by atoms with Crippen LogP contribution in [0.15, 0.2) is 73.1 Å². The predicted molar refractivity (Wildman–Crippen MR) is 123 cm³/mol. The Bertz CT molecular complexity index is 1150. The molecule has 0 saturated carbocycles. The first kappa shape index (κ1) is 19.7. The third kappa shape index (κ3) is 4.51. The quantitative estimate of drug-likeness (QED) is 0.399. The van der Waals surface area contributed by atoms with E-state index < -0.39 is 0 Å². The number of amides is 1. The van der Waals surface area contributed by atoms with E-state index in [1.807, 2.05) is 42.6 Å². The molecule has 152 valence electrons. The molecule has 0 fully saturated rings. The molecule has 5 nitrogen and oxygen atoms in total. The third-order valence-electron chi connectivity index (χ3n) is 5.10. The number of aromatic nitrogens is 2. The maximum absolute atomic E-state index is 12.4. The number of anilines is 3. The Kier molecular flexibility index (Phi) is 5.27. The van der Waals surface area contributed by atoms with Gasteiger partial charge in [-0.25, -0.2) is 4.98 Å². The summed E-state index contributed by atoms with van der Waals surface area (Å²) in [5.41, 5.74) is 5.08. The van der Waals surface area contributed by atoms with E-state index in [2.05, 4.69) is 65.6 Å².